The predicted molar refractivity (Wildman–Crippen MR) is 98.1 cm³/mol. The molecule has 0 spiro atoms. The number of nitrogens with zero attached hydrogens (tertiary/aromatic N) is 1. The molecule has 1 aliphatic rings. The van der Waals surface area contributed by atoms with Gasteiger partial charge in [0.1, 0.15) is 11.8 Å². The molecule has 0 saturated heterocycles. The summed E-state index contributed by atoms with van der Waals surface area (Å²) in [7, 11) is 0. The second kappa shape index (κ2) is 8.22. The molecule has 1 fully saturated rings. The van der Waals surface area contributed by atoms with Gasteiger partial charge in [0, 0.05) is 11.6 Å². The van der Waals surface area contributed by atoms with E-state index in [1.807, 2.05) is 6.07 Å². The van der Waals surface area contributed by atoms with Crippen molar-refractivity contribution >= 4 is 23.2 Å². The molecule has 0 atom stereocenters. The molecule has 1 saturated carbocycles. The minimum absolute atomic E-state index is 0.00595. The Balaban J connectivity index is 1.70. The monoisotopic (exact) mass is 403 g/mol. The van der Waals surface area contributed by atoms with Crippen molar-refractivity contribution in [2.75, 3.05) is 17.2 Å². The number of hydrogen-bond donors (Lipinski definition) is 2. The van der Waals surface area contributed by atoms with E-state index in [2.05, 4.69) is 10.6 Å². The first-order valence-corrected chi connectivity index (χ1v) is 8.72. The minimum Gasteiger partial charge on any atom is -0.482 e. The molecule has 0 aliphatic heterocycles. The molecular formula is C20H16F3N3O3. The molecule has 2 aromatic carbocycles. The van der Waals surface area contributed by atoms with Crippen molar-refractivity contribution < 1.29 is 27.5 Å². The van der Waals surface area contributed by atoms with Gasteiger partial charge in [-0.15, -0.1) is 0 Å². The van der Waals surface area contributed by atoms with Crippen LogP contribution in [0.1, 0.15) is 24.0 Å². The molecule has 0 bridgehead atoms. The molecule has 150 valence electrons. The molecular weight excluding hydrogens is 387 g/mol. The topological polar surface area (TPSA) is 91.2 Å². The number of nitriles is 1. The van der Waals surface area contributed by atoms with E-state index in [9.17, 15) is 22.8 Å². The SMILES string of the molecule is N#Cc1ccccc1OCC(=O)Nc1ccc(NC(=O)C2CC2)cc1C(F)(F)F. The first-order valence-electron chi connectivity index (χ1n) is 8.72. The van der Waals surface area contributed by atoms with Crippen LogP contribution in [-0.2, 0) is 15.8 Å². The maximum absolute atomic E-state index is 13.4. The lowest BCUT2D eigenvalue weighted by atomic mass is 10.1. The molecule has 2 N–H and O–H groups in total. The largest absolute Gasteiger partial charge is 0.482 e. The predicted octanol–water partition coefficient (Wildman–Crippen LogP) is 3.94. The van der Waals surface area contributed by atoms with Gasteiger partial charge in [0.25, 0.3) is 5.91 Å². The normalized spacial score (nSPS) is 13.3. The Morgan fingerprint density at radius 2 is 1.86 bits per heavy atom. The van der Waals surface area contributed by atoms with Crippen molar-refractivity contribution in [1.29, 1.82) is 5.26 Å². The van der Waals surface area contributed by atoms with Crippen LogP contribution < -0.4 is 15.4 Å². The van der Waals surface area contributed by atoms with Gasteiger partial charge in [-0.3, -0.25) is 9.59 Å². The number of alkyl halides is 3. The number of anilines is 2. The number of hydrogen-bond acceptors (Lipinski definition) is 4. The fraction of sp³-hybridized carbons (Fsp3) is 0.250. The molecule has 0 heterocycles. The summed E-state index contributed by atoms with van der Waals surface area (Å²) in [6.45, 7) is -0.573. The van der Waals surface area contributed by atoms with Crippen LogP contribution in [0.15, 0.2) is 42.5 Å². The maximum Gasteiger partial charge on any atom is 0.418 e. The van der Waals surface area contributed by atoms with E-state index in [4.69, 9.17) is 10.00 Å². The van der Waals surface area contributed by atoms with E-state index < -0.39 is 29.9 Å². The third kappa shape index (κ3) is 5.25. The molecule has 2 amide bonds. The second-order valence-electron chi connectivity index (χ2n) is 6.47. The number of carbonyl (C=O) groups is 2. The minimum atomic E-state index is -4.74. The number of benzene rings is 2. The van der Waals surface area contributed by atoms with Gasteiger partial charge in [-0.1, -0.05) is 12.1 Å². The molecule has 0 unspecified atom stereocenters. The van der Waals surface area contributed by atoms with E-state index >= 15 is 0 Å². The van der Waals surface area contributed by atoms with Gasteiger partial charge in [0.15, 0.2) is 6.61 Å². The highest BCUT2D eigenvalue weighted by Crippen LogP contribution is 2.37. The van der Waals surface area contributed by atoms with Crippen LogP contribution in [-0.4, -0.2) is 18.4 Å². The van der Waals surface area contributed by atoms with Crippen LogP contribution in [0.4, 0.5) is 24.5 Å². The van der Waals surface area contributed by atoms with Crippen molar-refractivity contribution in [3.63, 3.8) is 0 Å². The molecule has 6 nitrogen and oxygen atoms in total. The standard InChI is InChI=1S/C20H16F3N3O3/c21-20(22,23)15-9-14(25-19(28)12-5-6-12)7-8-16(15)26-18(27)11-29-17-4-2-1-3-13(17)10-24/h1-4,7-9,12H,5-6,11H2,(H,25,28)(H,26,27). The van der Waals surface area contributed by atoms with Crippen molar-refractivity contribution in [3.05, 3.63) is 53.6 Å². The summed E-state index contributed by atoms with van der Waals surface area (Å²) in [6, 6.07) is 11.2. The Morgan fingerprint density at radius 3 is 2.52 bits per heavy atom. The Labute approximate surface area is 164 Å². The number of amides is 2. The smallest absolute Gasteiger partial charge is 0.418 e. The molecule has 1 aliphatic carbocycles. The Morgan fingerprint density at radius 1 is 1.14 bits per heavy atom. The number of carbonyl (C=O) groups excluding carboxylic acids is 2. The van der Waals surface area contributed by atoms with Gasteiger partial charge in [-0.25, -0.2) is 0 Å². The van der Waals surface area contributed by atoms with Crippen LogP contribution in [0.5, 0.6) is 5.75 Å². The quantitative estimate of drug-likeness (QED) is 0.764. The number of rotatable bonds is 6. The van der Waals surface area contributed by atoms with Crippen LogP contribution in [0, 0.1) is 17.2 Å². The van der Waals surface area contributed by atoms with Gasteiger partial charge in [-0.05, 0) is 43.2 Å². The molecule has 9 heteroatoms. The van der Waals surface area contributed by atoms with Crippen LogP contribution in [0.2, 0.25) is 0 Å². The van der Waals surface area contributed by atoms with Crippen molar-refractivity contribution in [2.45, 2.75) is 19.0 Å². The van der Waals surface area contributed by atoms with Crippen LogP contribution >= 0.6 is 0 Å². The van der Waals surface area contributed by atoms with E-state index in [0.29, 0.717) is 0 Å². The highest BCUT2D eigenvalue weighted by Gasteiger charge is 2.35. The average Bonchev–Trinajstić information content (AvgIpc) is 3.52. The molecule has 29 heavy (non-hydrogen) atoms. The van der Waals surface area contributed by atoms with Crippen molar-refractivity contribution in [2.24, 2.45) is 5.92 Å². The summed E-state index contributed by atoms with van der Waals surface area (Å²) in [5, 5.41) is 13.6. The van der Waals surface area contributed by atoms with Gasteiger partial charge >= 0.3 is 6.18 Å². The summed E-state index contributed by atoms with van der Waals surface area (Å²) >= 11 is 0. The highest BCUT2D eigenvalue weighted by molar-refractivity contribution is 5.96. The second-order valence-corrected chi connectivity index (χ2v) is 6.47. The average molecular weight is 403 g/mol. The Hall–Kier alpha value is -3.54. The number of nitrogens with one attached hydrogen (secondary N) is 2. The van der Waals surface area contributed by atoms with Crippen molar-refractivity contribution in [3.8, 4) is 11.8 Å². The lowest BCUT2D eigenvalue weighted by Crippen LogP contribution is -2.23. The lowest BCUT2D eigenvalue weighted by molar-refractivity contribution is -0.137. The summed E-state index contributed by atoms with van der Waals surface area (Å²) in [5.74, 6) is -1.14. The van der Waals surface area contributed by atoms with Crippen LogP contribution in [0.3, 0.4) is 0 Å². The van der Waals surface area contributed by atoms with E-state index in [0.717, 1.165) is 25.0 Å². The first kappa shape index (κ1) is 20.2. The Bertz CT molecular complexity index is 979. The zero-order chi connectivity index (χ0) is 21.0. The fourth-order valence-electron chi connectivity index (χ4n) is 2.57. The van der Waals surface area contributed by atoms with E-state index in [1.165, 1.54) is 18.2 Å². The van der Waals surface area contributed by atoms with Gasteiger partial charge in [0.05, 0.1) is 16.8 Å². The number of halogens is 3. The third-order valence-corrected chi connectivity index (χ3v) is 4.18. The molecule has 0 aromatic heterocycles. The Kier molecular flexibility index (Phi) is 5.73. The fourth-order valence-corrected chi connectivity index (χ4v) is 2.57. The van der Waals surface area contributed by atoms with Crippen LogP contribution in [0.25, 0.3) is 0 Å². The number of para-hydroxylation sites is 1. The molecule has 3 rings (SSSR count). The first-order chi connectivity index (χ1) is 13.8. The maximum atomic E-state index is 13.4. The van der Waals surface area contributed by atoms with Crippen molar-refractivity contribution in [1.82, 2.24) is 0 Å². The van der Waals surface area contributed by atoms with Gasteiger partial charge in [-0.2, -0.15) is 18.4 Å². The molecule has 0 radical (unpaired) electrons. The van der Waals surface area contributed by atoms with E-state index in [-0.39, 0.29) is 28.8 Å². The zero-order valence-corrected chi connectivity index (χ0v) is 15.0. The summed E-state index contributed by atoms with van der Waals surface area (Å²) in [6.07, 6.45) is -3.29. The third-order valence-electron chi connectivity index (χ3n) is 4.18. The zero-order valence-electron chi connectivity index (χ0n) is 15.0. The summed E-state index contributed by atoms with van der Waals surface area (Å²) in [4.78, 5) is 23.8. The summed E-state index contributed by atoms with van der Waals surface area (Å²) in [5.41, 5.74) is -1.33. The number of ether oxygens (including phenoxy) is 1. The molecule has 2 aromatic rings. The van der Waals surface area contributed by atoms with E-state index in [1.54, 1.807) is 12.1 Å². The highest BCUT2D eigenvalue weighted by atomic mass is 19.4. The van der Waals surface area contributed by atoms with Gasteiger partial charge in [0.2, 0.25) is 5.91 Å². The van der Waals surface area contributed by atoms with Gasteiger partial charge < -0.3 is 15.4 Å². The lowest BCUT2D eigenvalue weighted by Gasteiger charge is -2.16. The summed E-state index contributed by atoms with van der Waals surface area (Å²) < 4.78 is 45.4.